The highest BCUT2D eigenvalue weighted by Gasteiger charge is 2.12. The molecule has 0 saturated carbocycles. The van der Waals surface area contributed by atoms with Crippen molar-refractivity contribution >= 4 is 11.7 Å². The Kier molecular flexibility index (Phi) is 4.64. The van der Waals surface area contributed by atoms with E-state index < -0.39 is 0 Å². The molecule has 4 nitrogen and oxygen atoms in total. The van der Waals surface area contributed by atoms with Crippen molar-refractivity contribution in [3.8, 4) is 5.75 Å². The molecule has 1 atom stereocenters. The molecule has 0 unspecified atom stereocenters. The number of benzene rings is 1. The molecule has 0 aliphatic rings. The van der Waals surface area contributed by atoms with Crippen LogP contribution in [-0.4, -0.2) is 25.7 Å². The average Bonchev–Trinajstić information content (AvgIpc) is 2.30. The van der Waals surface area contributed by atoms with Gasteiger partial charge in [-0.25, -0.2) is 4.79 Å². The van der Waals surface area contributed by atoms with Crippen LogP contribution >= 0.6 is 0 Å². The molecule has 1 aromatic rings. The molecule has 1 N–H and O–H groups in total. The monoisotopic (exact) mass is 223 g/mol. The van der Waals surface area contributed by atoms with E-state index in [0.29, 0.717) is 6.61 Å². The van der Waals surface area contributed by atoms with E-state index in [1.165, 1.54) is 0 Å². The summed E-state index contributed by atoms with van der Waals surface area (Å²) < 4.78 is 9.94. The summed E-state index contributed by atoms with van der Waals surface area (Å²) >= 11 is 0. The number of esters is 1. The van der Waals surface area contributed by atoms with Crippen molar-refractivity contribution < 1.29 is 14.3 Å². The first-order valence-electron chi connectivity index (χ1n) is 5.24. The van der Waals surface area contributed by atoms with Crippen molar-refractivity contribution in [1.82, 2.24) is 0 Å². The van der Waals surface area contributed by atoms with Gasteiger partial charge in [0, 0.05) is 5.69 Å². The Balaban J connectivity index is 2.55. The minimum atomic E-state index is -0.353. The average molecular weight is 223 g/mol. The van der Waals surface area contributed by atoms with Gasteiger partial charge < -0.3 is 14.8 Å². The van der Waals surface area contributed by atoms with Crippen LogP contribution in [0.15, 0.2) is 24.3 Å². The summed E-state index contributed by atoms with van der Waals surface area (Å²) in [6.07, 6.45) is 0. The van der Waals surface area contributed by atoms with E-state index in [2.05, 4.69) is 5.32 Å². The van der Waals surface area contributed by atoms with Gasteiger partial charge in [0.15, 0.2) is 0 Å². The number of rotatable bonds is 5. The minimum Gasteiger partial charge on any atom is -0.497 e. The van der Waals surface area contributed by atoms with E-state index >= 15 is 0 Å². The van der Waals surface area contributed by atoms with Crippen LogP contribution in [0.4, 0.5) is 5.69 Å². The van der Waals surface area contributed by atoms with Gasteiger partial charge in [-0.05, 0) is 38.1 Å². The lowest BCUT2D eigenvalue weighted by molar-refractivity contribution is -0.143. The zero-order valence-electron chi connectivity index (χ0n) is 9.82. The molecule has 88 valence electrons. The largest absolute Gasteiger partial charge is 0.497 e. The van der Waals surface area contributed by atoms with Crippen LogP contribution in [0.1, 0.15) is 13.8 Å². The van der Waals surface area contributed by atoms with Crippen molar-refractivity contribution in [1.29, 1.82) is 0 Å². The number of anilines is 1. The molecule has 0 fully saturated rings. The van der Waals surface area contributed by atoms with Crippen LogP contribution < -0.4 is 10.1 Å². The number of methoxy groups -OCH3 is 1. The maximum Gasteiger partial charge on any atom is 0.328 e. The molecule has 1 rings (SSSR count). The van der Waals surface area contributed by atoms with Gasteiger partial charge in [-0.2, -0.15) is 0 Å². The summed E-state index contributed by atoms with van der Waals surface area (Å²) in [5.74, 6) is 0.535. The molecule has 0 heterocycles. The Morgan fingerprint density at radius 2 is 2.00 bits per heavy atom. The summed E-state index contributed by atoms with van der Waals surface area (Å²) in [6.45, 7) is 3.95. The van der Waals surface area contributed by atoms with Crippen LogP contribution in [0.25, 0.3) is 0 Å². The van der Waals surface area contributed by atoms with Crippen molar-refractivity contribution in [2.45, 2.75) is 19.9 Å². The Morgan fingerprint density at radius 1 is 1.38 bits per heavy atom. The van der Waals surface area contributed by atoms with Crippen molar-refractivity contribution in [2.75, 3.05) is 19.0 Å². The topological polar surface area (TPSA) is 47.6 Å². The number of hydrogen-bond donors (Lipinski definition) is 1. The number of hydrogen-bond acceptors (Lipinski definition) is 4. The van der Waals surface area contributed by atoms with Crippen LogP contribution in [0.2, 0.25) is 0 Å². The second-order valence-electron chi connectivity index (χ2n) is 3.35. The highest BCUT2D eigenvalue weighted by atomic mass is 16.5. The van der Waals surface area contributed by atoms with Crippen LogP contribution in [-0.2, 0) is 9.53 Å². The third-order valence-corrected chi connectivity index (χ3v) is 2.11. The third kappa shape index (κ3) is 3.46. The highest BCUT2D eigenvalue weighted by molar-refractivity contribution is 5.78. The molecule has 1 aromatic carbocycles. The minimum absolute atomic E-state index is 0.252. The molecule has 0 bridgehead atoms. The molecule has 0 amide bonds. The van der Waals surface area contributed by atoms with Gasteiger partial charge in [-0.1, -0.05) is 0 Å². The number of carbonyl (C=O) groups is 1. The molecule has 0 radical (unpaired) electrons. The molecule has 0 spiro atoms. The smallest absolute Gasteiger partial charge is 0.328 e. The predicted molar refractivity (Wildman–Crippen MR) is 62.7 cm³/mol. The maximum atomic E-state index is 11.4. The Hall–Kier alpha value is -1.71. The predicted octanol–water partition coefficient (Wildman–Crippen LogP) is 2.06. The number of carbonyl (C=O) groups excluding carboxylic acids is 1. The van der Waals surface area contributed by atoms with Crippen LogP contribution in [0.3, 0.4) is 0 Å². The van der Waals surface area contributed by atoms with Crippen LogP contribution in [0.5, 0.6) is 5.75 Å². The van der Waals surface area contributed by atoms with Gasteiger partial charge in [0.25, 0.3) is 0 Å². The van der Waals surface area contributed by atoms with E-state index in [-0.39, 0.29) is 12.0 Å². The van der Waals surface area contributed by atoms with E-state index in [0.717, 1.165) is 11.4 Å². The third-order valence-electron chi connectivity index (χ3n) is 2.11. The van der Waals surface area contributed by atoms with Gasteiger partial charge in [0.2, 0.25) is 0 Å². The van der Waals surface area contributed by atoms with Crippen molar-refractivity contribution in [3.63, 3.8) is 0 Å². The van der Waals surface area contributed by atoms with Gasteiger partial charge in [0.1, 0.15) is 11.8 Å². The lowest BCUT2D eigenvalue weighted by atomic mass is 10.2. The highest BCUT2D eigenvalue weighted by Crippen LogP contribution is 2.15. The first-order valence-corrected chi connectivity index (χ1v) is 5.24. The molecule has 0 aliphatic heterocycles. The zero-order valence-corrected chi connectivity index (χ0v) is 9.82. The zero-order chi connectivity index (χ0) is 12.0. The fraction of sp³-hybridized carbons (Fsp3) is 0.417. The summed E-state index contributed by atoms with van der Waals surface area (Å²) in [5, 5.41) is 3.05. The molecular weight excluding hydrogens is 206 g/mol. The molecule has 0 saturated heterocycles. The van der Waals surface area contributed by atoms with E-state index in [4.69, 9.17) is 9.47 Å². The molecule has 4 heteroatoms. The second kappa shape index (κ2) is 6.00. The van der Waals surface area contributed by atoms with Gasteiger partial charge in [0.05, 0.1) is 13.7 Å². The van der Waals surface area contributed by atoms with E-state index in [1.807, 2.05) is 24.3 Å². The second-order valence-corrected chi connectivity index (χ2v) is 3.35. The normalized spacial score (nSPS) is 11.7. The Labute approximate surface area is 95.6 Å². The first-order chi connectivity index (χ1) is 7.67. The number of ether oxygens (including phenoxy) is 2. The maximum absolute atomic E-state index is 11.4. The fourth-order valence-electron chi connectivity index (χ4n) is 1.26. The molecule has 0 aliphatic carbocycles. The molecular formula is C12H17NO3. The van der Waals surface area contributed by atoms with E-state index in [1.54, 1.807) is 21.0 Å². The van der Waals surface area contributed by atoms with Gasteiger partial charge >= 0.3 is 5.97 Å². The standard InChI is InChI=1S/C12H17NO3/c1-4-16-12(14)9(2)13-10-5-7-11(15-3)8-6-10/h5-9,13H,4H2,1-3H3/t9-/m1/s1. The van der Waals surface area contributed by atoms with Crippen molar-refractivity contribution in [3.05, 3.63) is 24.3 Å². The number of nitrogens with one attached hydrogen (secondary N) is 1. The summed E-state index contributed by atoms with van der Waals surface area (Å²) in [5.41, 5.74) is 0.862. The first kappa shape index (κ1) is 12.4. The lowest BCUT2D eigenvalue weighted by Crippen LogP contribution is -2.28. The molecule has 0 aromatic heterocycles. The Morgan fingerprint density at radius 3 is 2.50 bits per heavy atom. The van der Waals surface area contributed by atoms with Gasteiger partial charge in [-0.15, -0.1) is 0 Å². The summed E-state index contributed by atoms with van der Waals surface area (Å²) in [7, 11) is 1.61. The Bertz CT molecular complexity index is 335. The molecule has 16 heavy (non-hydrogen) atoms. The van der Waals surface area contributed by atoms with Crippen LogP contribution in [0, 0.1) is 0 Å². The van der Waals surface area contributed by atoms with Gasteiger partial charge in [-0.3, -0.25) is 0 Å². The summed E-state index contributed by atoms with van der Waals surface area (Å²) in [6, 6.07) is 7.03. The quantitative estimate of drug-likeness (QED) is 0.776. The lowest BCUT2D eigenvalue weighted by Gasteiger charge is -2.13. The SMILES string of the molecule is CCOC(=O)[C@@H](C)Nc1ccc(OC)cc1. The fourth-order valence-corrected chi connectivity index (χ4v) is 1.26. The summed E-state index contributed by atoms with van der Waals surface area (Å²) in [4.78, 5) is 11.4. The van der Waals surface area contributed by atoms with E-state index in [9.17, 15) is 4.79 Å². The van der Waals surface area contributed by atoms with Crippen molar-refractivity contribution in [2.24, 2.45) is 0 Å².